The van der Waals surface area contributed by atoms with Gasteiger partial charge in [-0.2, -0.15) is 4.98 Å². The molecule has 1 aliphatic rings. The summed E-state index contributed by atoms with van der Waals surface area (Å²) in [6.07, 6.45) is 3.12. The van der Waals surface area contributed by atoms with E-state index in [1.807, 2.05) is 0 Å². The molecule has 0 aliphatic carbocycles. The van der Waals surface area contributed by atoms with E-state index in [2.05, 4.69) is 25.7 Å². The highest BCUT2D eigenvalue weighted by Gasteiger charge is 2.34. The second-order valence-electron chi connectivity index (χ2n) is 8.49. The van der Waals surface area contributed by atoms with Crippen LogP contribution >= 0.6 is 11.8 Å². The molecule has 3 heterocycles. The number of hydrogen-bond donors (Lipinski definition) is 2. The minimum absolute atomic E-state index is 0.00751. The third kappa shape index (κ3) is 5.45. The summed E-state index contributed by atoms with van der Waals surface area (Å²) in [5, 5.41) is 33.2. The number of nitrogens with zero attached hydrogens (tertiary/aromatic N) is 6. The van der Waals surface area contributed by atoms with Crippen LogP contribution in [0.2, 0.25) is 0 Å². The molecule has 0 saturated heterocycles. The molecule has 1 atom stereocenters. The summed E-state index contributed by atoms with van der Waals surface area (Å²) in [7, 11) is 0. The predicted molar refractivity (Wildman–Crippen MR) is 143 cm³/mol. The monoisotopic (exact) mass is 544 g/mol. The summed E-state index contributed by atoms with van der Waals surface area (Å²) in [6.45, 7) is 1.75. The zero-order chi connectivity index (χ0) is 27.5. The van der Waals surface area contributed by atoms with E-state index in [4.69, 9.17) is 0 Å². The Bertz CT molecular complexity index is 1590. The Morgan fingerprint density at radius 1 is 1.05 bits per heavy atom. The van der Waals surface area contributed by atoms with E-state index in [0.717, 1.165) is 5.56 Å². The summed E-state index contributed by atoms with van der Waals surface area (Å²) in [5.41, 5.74) is 2.80. The van der Waals surface area contributed by atoms with Crippen molar-refractivity contribution in [2.45, 2.75) is 23.9 Å². The van der Waals surface area contributed by atoms with E-state index in [9.17, 15) is 25.0 Å². The van der Waals surface area contributed by atoms with Gasteiger partial charge >= 0.3 is 0 Å². The number of benzene rings is 2. The number of fused-ring (bicyclic) bond motifs is 1. The van der Waals surface area contributed by atoms with Gasteiger partial charge in [0.05, 0.1) is 27.3 Å². The molecule has 5 rings (SSSR count). The van der Waals surface area contributed by atoms with Crippen LogP contribution in [0.5, 0.6) is 0 Å². The zero-order valence-electron chi connectivity index (χ0n) is 20.3. The van der Waals surface area contributed by atoms with Crippen LogP contribution in [0.4, 0.5) is 23.0 Å². The molecule has 39 heavy (non-hydrogen) atoms. The van der Waals surface area contributed by atoms with E-state index in [-0.39, 0.29) is 11.4 Å². The molecule has 14 heteroatoms. The summed E-state index contributed by atoms with van der Waals surface area (Å²) in [6, 6.07) is 14.9. The largest absolute Gasteiger partial charge is 0.328 e. The average molecular weight is 545 g/mol. The average Bonchev–Trinajstić information content (AvgIpc) is 3.34. The number of rotatable bonds is 8. The lowest BCUT2D eigenvalue weighted by molar-refractivity contribution is -0.385. The fourth-order valence-electron chi connectivity index (χ4n) is 4.07. The van der Waals surface area contributed by atoms with Crippen LogP contribution in [-0.4, -0.2) is 35.5 Å². The molecule has 0 radical (unpaired) electrons. The number of nitro benzene ring substituents is 2. The van der Waals surface area contributed by atoms with Gasteiger partial charge in [-0.15, -0.1) is 5.10 Å². The maximum absolute atomic E-state index is 13.5. The van der Waals surface area contributed by atoms with Crippen LogP contribution < -0.4 is 10.6 Å². The number of amides is 1. The smallest absolute Gasteiger partial charge is 0.269 e. The number of thioether (sulfide) groups is 1. The first-order valence-electron chi connectivity index (χ1n) is 11.6. The highest BCUT2D eigenvalue weighted by Crippen LogP contribution is 2.37. The van der Waals surface area contributed by atoms with Crippen LogP contribution in [0.3, 0.4) is 0 Å². The van der Waals surface area contributed by atoms with Gasteiger partial charge in [0.15, 0.2) is 0 Å². The Balaban J connectivity index is 1.46. The number of hydrogen-bond acceptors (Lipinski definition) is 10. The van der Waals surface area contributed by atoms with E-state index in [1.165, 1.54) is 42.2 Å². The van der Waals surface area contributed by atoms with Gasteiger partial charge < -0.3 is 10.6 Å². The molecule has 13 nitrogen and oxygen atoms in total. The second-order valence-corrected chi connectivity index (χ2v) is 9.43. The standard InChI is InChI=1S/C25H20N8O5S/c1-15-21(23(34)28-18-3-2-12-26-13-18)22(17-6-10-20(11-7-17)33(37)38)31-24(27-15)29-25(30-31)39-14-16-4-8-19(9-5-16)32(35)36/h2-13,22H,14H2,1H3,(H,28,34)(H,27,29,30). The molecule has 0 saturated carbocycles. The number of pyridine rings is 1. The number of non-ortho nitro benzene ring substituents is 2. The molecule has 0 bridgehead atoms. The summed E-state index contributed by atoms with van der Waals surface area (Å²) in [5.74, 6) is 0.474. The quantitative estimate of drug-likeness (QED) is 0.180. The Kier molecular flexibility index (Phi) is 7.01. The minimum atomic E-state index is -0.722. The second kappa shape index (κ2) is 10.7. The Morgan fingerprint density at radius 3 is 2.33 bits per heavy atom. The normalized spacial score (nSPS) is 14.3. The molecule has 2 N–H and O–H groups in total. The molecule has 196 valence electrons. The fourth-order valence-corrected chi connectivity index (χ4v) is 4.86. The first kappa shape index (κ1) is 25.5. The van der Waals surface area contributed by atoms with E-state index in [1.54, 1.807) is 54.2 Å². The number of aromatic nitrogens is 4. The highest BCUT2D eigenvalue weighted by atomic mass is 32.2. The number of nitrogens with one attached hydrogen (secondary N) is 2. The molecule has 2 aromatic heterocycles. The van der Waals surface area contributed by atoms with Crippen molar-refractivity contribution in [1.82, 2.24) is 19.7 Å². The molecule has 4 aromatic rings. The first-order valence-corrected chi connectivity index (χ1v) is 12.5. The van der Waals surface area contributed by atoms with Gasteiger partial charge in [-0.3, -0.25) is 30.0 Å². The fraction of sp³-hybridized carbons (Fsp3) is 0.120. The van der Waals surface area contributed by atoms with Crippen LogP contribution in [0, 0.1) is 20.2 Å². The SMILES string of the molecule is CC1=C(C(=O)Nc2cccnc2)C(c2ccc([N+](=O)[O-])cc2)n2nc(SCc3ccc([N+](=O)[O-])cc3)nc2N1. The molecular weight excluding hydrogens is 524 g/mol. The molecule has 0 spiro atoms. The summed E-state index contributed by atoms with van der Waals surface area (Å²) >= 11 is 1.33. The zero-order valence-corrected chi connectivity index (χ0v) is 21.2. The van der Waals surface area contributed by atoms with Crippen molar-refractivity contribution in [2.75, 3.05) is 10.6 Å². The maximum atomic E-state index is 13.5. The molecule has 1 unspecified atom stereocenters. The molecular formula is C25H20N8O5S. The van der Waals surface area contributed by atoms with Crippen LogP contribution in [0.15, 0.2) is 89.5 Å². The number of carbonyl (C=O) groups excluding carboxylic acids is 1. The first-order chi connectivity index (χ1) is 18.8. The molecule has 1 aliphatic heterocycles. The van der Waals surface area contributed by atoms with Crippen LogP contribution in [-0.2, 0) is 10.5 Å². The van der Waals surface area contributed by atoms with Gasteiger partial charge in [0.25, 0.3) is 17.3 Å². The van der Waals surface area contributed by atoms with Crippen molar-refractivity contribution < 1.29 is 14.6 Å². The van der Waals surface area contributed by atoms with Crippen molar-refractivity contribution in [3.05, 3.63) is 116 Å². The van der Waals surface area contributed by atoms with Crippen molar-refractivity contribution >= 4 is 40.7 Å². The van der Waals surface area contributed by atoms with Gasteiger partial charge in [-0.25, -0.2) is 4.68 Å². The lowest BCUT2D eigenvalue weighted by Gasteiger charge is -2.28. The Labute approximate surface area is 225 Å². The number of allylic oxidation sites excluding steroid dienone is 1. The maximum Gasteiger partial charge on any atom is 0.269 e. The number of nitro groups is 2. The van der Waals surface area contributed by atoms with E-state index < -0.39 is 21.8 Å². The van der Waals surface area contributed by atoms with Crippen LogP contribution in [0.1, 0.15) is 24.1 Å². The Morgan fingerprint density at radius 2 is 1.72 bits per heavy atom. The lowest BCUT2D eigenvalue weighted by Crippen LogP contribution is -2.31. The summed E-state index contributed by atoms with van der Waals surface area (Å²) < 4.78 is 1.57. The Hall–Kier alpha value is -5.11. The van der Waals surface area contributed by atoms with Gasteiger partial charge in [-0.1, -0.05) is 23.9 Å². The third-order valence-corrected chi connectivity index (χ3v) is 6.84. The number of anilines is 2. The predicted octanol–water partition coefficient (Wildman–Crippen LogP) is 4.71. The number of carbonyl (C=O) groups is 1. The summed E-state index contributed by atoms with van der Waals surface area (Å²) in [4.78, 5) is 43.3. The van der Waals surface area contributed by atoms with Crippen molar-refractivity contribution in [2.24, 2.45) is 0 Å². The van der Waals surface area contributed by atoms with Crippen molar-refractivity contribution in [1.29, 1.82) is 0 Å². The lowest BCUT2D eigenvalue weighted by atomic mass is 9.95. The van der Waals surface area contributed by atoms with Gasteiger partial charge in [0, 0.05) is 41.9 Å². The molecule has 0 fully saturated rings. The van der Waals surface area contributed by atoms with Crippen molar-refractivity contribution in [3.8, 4) is 0 Å². The van der Waals surface area contributed by atoms with Gasteiger partial charge in [0.2, 0.25) is 11.1 Å². The van der Waals surface area contributed by atoms with E-state index in [0.29, 0.717) is 39.4 Å². The van der Waals surface area contributed by atoms with Crippen molar-refractivity contribution in [3.63, 3.8) is 0 Å². The minimum Gasteiger partial charge on any atom is -0.328 e. The van der Waals surface area contributed by atoms with Crippen LogP contribution in [0.25, 0.3) is 0 Å². The molecule has 1 amide bonds. The highest BCUT2D eigenvalue weighted by molar-refractivity contribution is 7.98. The third-order valence-electron chi connectivity index (χ3n) is 5.93. The molecule has 2 aromatic carbocycles. The van der Waals surface area contributed by atoms with Gasteiger partial charge in [-0.05, 0) is 42.3 Å². The van der Waals surface area contributed by atoms with Gasteiger partial charge in [0.1, 0.15) is 6.04 Å². The van der Waals surface area contributed by atoms with E-state index >= 15 is 0 Å². The topological polar surface area (TPSA) is 171 Å².